The van der Waals surface area contributed by atoms with E-state index < -0.39 is 0 Å². The fourth-order valence-corrected chi connectivity index (χ4v) is 3.73. The van der Waals surface area contributed by atoms with Crippen molar-refractivity contribution in [3.8, 4) is 0 Å². The average molecular weight is 437 g/mol. The number of pyridine rings is 2. The molecule has 2 aromatic heterocycles. The topological polar surface area (TPSA) is 78.4 Å². The largest absolute Gasteiger partial charge is 0.466 e. The first kappa shape index (κ1) is 23.6. The quantitative estimate of drug-likeness (QED) is 0.217. The van der Waals surface area contributed by atoms with E-state index in [4.69, 9.17) is 19.4 Å². The molecule has 32 heavy (non-hydrogen) atoms. The molecule has 2 heterocycles. The number of hydrogen-bond acceptors (Lipinski definition) is 6. The van der Waals surface area contributed by atoms with E-state index in [1.54, 1.807) is 0 Å². The van der Waals surface area contributed by atoms with Crippen LogP contribution in [0.2, 0.25) is 0 Å². The number of ether oxygens (including phenoxy) is 2. The fraction of sp³-hybridized carbons (Fsp3) is 0.462. The first-order valence-corrected chi connectivity index (χ1v) is 11.5. The zero-order valence-corrected chi connectivity index (χ0v) is 19.1. The van der Waals surface area contributed by atoms with Gasteiger partial charge in [-0.25, -0.2) is 0 Å². The summed E-state index contributed by atoms with van der Waals surface area (Å²) in [4.78, 5) is 31.5. The predicted molar refractivity (Wildman–Crippen MR) is 125 cm³/mol. The minimum atomic E-state index is -0.220. The summed E-state index contributed by atoms with van der Waals surface area (Å²) in [5.41, 5.74) is 4.04. The smallest absolute Gasteiger partial charge is 0.302 e. The Morgan fingerprint density at radius 1 is 0.625 bits per heavy atom. The number of benzene rings is 1. The molecular formula is C26H32N2O4. The number of hydrogen-bond donors (Lipinski definition) is 0. The normalized spacial score (nSPS) is 11.1. The van der Waals surface area contributed by atoms with Crippen molar-refractivity contribution in [2.45, 2.75) is 65.2 Å². The minimum absolute atomic E-state index is 0.220. The van der Waals surface area contributed by atoms with Crippen LogP contribution in [0.15, 0.2) is 36.4 Å². The molecule has 0 amide bonds. The molecule has 0 unspecified atom stereocenters. The highest BCUT2D eigenvalue weighted by Crippen LogP contribution is 2.24. The minimum Gasteiger partial charge on any atom is -0.466 e. The molecule has 6 heteroatoms. The Kier molecular flexibility index (Phi) is 8.96. The van der Waals surface area contributed by atoms with Gasteiger partial charge >= 0.3 is 11.9 Å². The van der Waals surface area contributed by atoms with Crippen molar-refractivity contribution in [2.75, 3.05) is 13.2 Å². The number of esters is 2. The van der Waals surface area contributed by atoms with Crippen LogP contribution < -0.4 is 0 Å². The second kappa shape index (κ2) is 12.1. The van der Waals surface area contributed by atoms with Gasteiger partial charge < -0.3 is 9.47 Å². The summed E-state index contributed by atoms with van der Waals surface area (Å²) in [5.74, 6) is -0.441. The number of carbonyl (C=O) groups is 2. The number of aromatic nitrogens is 2. The summed E-state index contributed by atoms with van der Waals surface area (Å²) >= 11 is 0. The number of rotatable bonds is 12. The molecule has 0 spiro atoms. The Bertz CT molecular complexity index is 980. The molecule has 0 bridgehead atoms. The Balaban J connectivity index is 1.61. The number of unbranched alkanes of at least 4 members (excludes halogenated alkanes) is 4. The molecule has 0 fully saturated rings. The van der Waals surface area contributed by atoms with E-state index in [2.05, 4.69) is 36.4 Å². The predicted octanol–water partition coefficient (Wildman–Crippen LogP) is 5.33. The Morgan fingerprint density at radius 2 is 1.03 bits per heavy atom. The lowest BCUT2D eigenvalue weighted by molar-refractivity contribution is -0.142. The highest BCUT2D eigenvalue weighted by Gasteiger charge is 2.07. The summed E-state index contributed by atoms with van der Waals surface area (Å²) in [6.45, 7) is 3.85. The molecule has 0 saturated heterocycles. The molecule has 0 radical (unpaired) electrons. The van der Waals surface area contributed by atoms with Crippen LogP contribution in [0.1, 0.15) is 63.8 Å². The van der Waals surface area contributed by atoms with Crippen LogP contribution in [0.3, 0.4) is 0 Å². The molecule has 0 aliphatic carbocycles. The highest BCUT2D eigenvalue weighted by atomic mass is 16.5. The number of nitrogens with zero attached hydrogens (tertiary/aromatic N) is 2. The Hall–Kier alpha value is -3.02. The van der Waals surface area contributed by atoms with Crippen LogP contribution in [-0.4, -0.2) is 35.1 Å². The lowest BCUT2D eigenvalue weighted by Gasteiger charge is -2.08. The molecule has 3 rings (SSSR count). The average Bonchev–Trinajstić information content (AvgIpc) is 2.78. The Labute approximate surface area is 189 Å². The van der Waals surface area contributed by atoms with Gasteiger partial charge in [-0.3, -0.25) is 19.6 Å². The monoisotopic (exact) mass is 436 g/mol. The number of fused-ring (bicyclic) bond motifs is 3. The Morgan fingerprint density at radius 3 is 1.44 bits per heavy atom. The molecule has 0 aliphatic rings. The van der Waals surface area contributed by atoms with Gasteiger partial charge in [-0.15, -0.1) is 0 Å². The van der Waals surface area contributed by atoms with Crippen molar-refractivity contribution in [2.24, 2.45) is 0 Å². The zero-order valence-electron chi connectivity index (χ0n) is 19.1. The summed E-state index contributed by atoms with van der Waals surface area (Å²) < 4.78 is 9.97. The molecule has 6 nitrogen and oxygen atoms in total. The summed E-state index contributed by atoms with van der Waals surface area (Å²) in [6, 6.07) is 12.6. The zero-order chi connectivity index (χ0) is 22.8. The van der Waals surface area contributed by atoms with E-state index in [1.165, 1.54) is 13.8 Å². The number of aryl methyl sites for hydroxylation is 2. The van der Waals surface area contributed by atoms with E-state index in [0.29, 0.717) is 13.2 Å². The third-order valence-corrected chi connectivity index (χ3v) is 5.40. The van der Waals surface area contributed by atoms with Crippen molar-refractivity contribution in [3.05, 3.63) is 47.8 Å². The van der Waals surface area contributed by atoms with Crippen LogP contribution >= 0.6 is 0 Å². The molecule has 0 N–H and O–H groups in total. The first-order chi connectivity index (χ1) is 15.5. The SMILES string of the molecule is CC(=O)OCCCCCc1ccc2ccc3ccc(CCCCCOC(C)=O)nc3c2n1. The maximum Gasteiger partial charge on any atom is 0.302 e. The first-order valence-electron chi connectivity index (χ1n) is 11.5. The standard InChI is InChI=1S/C26H32N2O4/c1-19(29)31-17-7-3-5-9-23-15-13-21-11-12-22-14-16-24(28-26(22)25(21)27-23)10-6-4-8-18-32-20(2)30/h11-16H,3-10,17-18H2,1-2H3. The van der Waals surface area contributed by atoms with Crippen LogP contribution in [0.5, 0.6) is 0 Å². The summed E-state index contributed by atoms with van der Waals surface area (Å²) in [5, 5.41) is 2.20. The molecule has 0 aliphatic heterocycles. The van der Waals surface area contributed by atoms with Gasteiger partial charge in [0, 0.05) is 36.0 Å². The molecule has 3 aromatic rings. The van der Waals surface area contributed by atoms with Gasteiger partial charge in [0.1, 0.15) is 0 Å². The van der Waals surface area contributed by atoms with Gasteiger partial charge in [0.25, 0.3) is 0 Å². The van der Waals surface area contributed by atoms with Crippen LogP contribution in [0, 0.1) is 0 Å². The van der Waals surface area contributed by atoms with Crippen molar-refractivity contribution < 1.29 is 19.1 Å². The second-order valence-electron chi connectivity index (χ2n) is 8.12. The van der Waals surface area contributed by atoms with E-state index >= 15 is 0 Å². The maximum atomic E-state index is 10.8. The molecule has 0 saturated carbocycles. The lowest BCUT2D eigenvalue weighted by atomic mass is 10.1. The van der Waals surface area contributed by atoms with Gasteiger partial charge in [-0.05, 0) is 63.5 Å². The van der Waals surface area contributed by atoms with Crippen molar-refractivity contribution in [1.29, 1.82) is 0 Å². The van der Waals surface area contributed by atoms with Crippen LogP contribution in [0.25, 0.3) is 21.8 Å². The van der Waals surface area contributed by atoms with Crippen molar-refractivity contribution >= 4 is 33.7 Å². The third-order valence-electron chi connectivity index (χ3n) is 5.40. The van der Waals surface area contributed by atoms with Gasteiger partial charge in [-0.2, -0.15) is 0 Å². The van der Waals surface area contributed by atoms with Gasteiger partial charge in [-0.1, -0.05) is 24.3 Å². The highest BCUT2D eigenvalue weighted by molar-refractivity contribution is 6.02. The third kappa shape index (κ3) is 7.29. The molecule has 1 aromatic carbocycles. The maximum absolute atomic E-state index is 10.8. The van der Waals surface area contributed by atoms with Crippen molar-refractivity contribution in [3.63, 3.8) is 0 Å². The van der Waals surface area contributed by atoms with Crippen LogP contribution in [-0.2, 0) is 31.9 Å². The molecule has 170 valence electrons. The van der Waals surface area contributed by atoms with Gasteiger partial charge in [0.05, 0.1) is 24.2 Å². The summed E-state index contributed by atoms with van der Waals surface area (Å²) in [6.07, 6.45) is 7.57. The lowest BCUT2D eigenvalue weighted by Crippen LogP contribution is -2.01. The number of carbonyl (C=O) groups excluding carboxylic acids is 2. The van der Waals surface area contributed by atoms with E-state index in [1.807, 2.05) is 0 Å². The van der Waals surface area contributed by atoms with E-state index in [9.17, 15) is 9.59 Å². The summed E-state index contributed by atoms with van der Waals surface area (Å²) in [7, 11) is 0. The van der Waals surface area contributed by atoms with Crippen LogP contribution in [0.4, 0.5) is 0 Å². The van der Waals surface area contributed by atoms with Crippen molar-refractivity contribution in [1.82, 2.24) is 9.97 Å². The molecular weight excluding hydrogens is 404 g/mol. The molecule has 0 atom stereocenters. The van der Waals surface area contributed by atoms with Gasteiger partial charge in [0.15, 0.2) is 0 Å². The van der Waals surface area contributed by atoms with E-state index in [0.717, 1.165) is 84.6 Å². The fourth-order valence-electron chi connectivity index (χ4n) is 3.73. The van der Waals surface area contributed by atoms with Gasteiger partial charge in [0.2, 0.25) is 0 Å². The second-order valence-corrected chi connectivity index (χ2v) is 8.12. The van der Waals surface area contributed by atoms with E-state index in [-0.39, 0.29) is 11.9 Å².